The summed E-state index contributed by atoms with van der Waals surface area (Å²) < 4.78 is 5.22. The molecule has 0 spiro atoms. The van der Waals surface area contributed by atoms with Gasteiger partial charge in [0.25, 0.3) is 0 Å². The number of benzene rings is 2. The smallest absolute Gasteiger partial charge is 0.222 e. The summed E-state index contributed by atoms with van der Waals surface area (Å²) >= 11 is 0. The van der Waals surface area contributed by atoms with Crippen molar-refractivity contribution in [1.82, 2.24) is 10.2 Å². The van der Waals surface area contributed by atoms with Gasteiger partial charge in [-0.25, -0.2) is 0 Å². The van der Waals surface area contributed by atoms with E-state index in [1.807, 2.05) is 61.6 Å². The first kappa shape index (κ1) is 19.9. The molecular formula is C23H28N2O3. The van der Waals surface area contributed by atoms with Gasteiger partial charge >= 0.3 is 0 Å². The van der Waals surface area contributed by atoms with Crippen molar-refractivity contribution >= 4 is 11.8 Å². The van der Waals surface area contributed by atoms with Crippen LogP contribution in [0.15, 0.2) is 54.6 Å². The van der Waals surface area contributed by atoms with Gasteiger partial charge in [0.05, 0.1) is 7.11 Å². The first-order valence-electron chi connectivity index (χ1n) is 9.71. The molecule has 1 saturated heterocycles. The lowest BCUT2D eigenvalue weighted by atomic mass is 9.85. The molecule has 1 heterocycles. The van der Waals surface area contributed by atoms with E-state index in [0.29, 0.717) is 25.8 Å². The second-order valence-corrected chi connectivity index (χ2v) is 7.59. The third kappa shape index (κ3) is 5.12. The SMILES string of the molecule is COc1ccc(CC2(CCC(=O)N(C)Cc3ccccc3)CCC(=O)N2)cc1. The predicted molar refractivity (Wildman–Crippen MR) is 109 cm³/mol. The van der Waals surface area contributed by atoms with Crippen LogP contribution < -0.4 is 10.1 Å². The Kier molecular flexibility index (Phi) is 6.34. The van der Waals surface area contributed by atoms with Crippen molar-refractivity contribution in [3.8, 4) is 5.75 Å². The average molecular weight is 380 g/mol. The van der Waals surface area contributed by atoms with Gasteiger partial charge in [-0.3, -0.25) is 9.59 Å². The maximum atomic E-state index is 12.7. The molecule has 148 valence electrons. The van der Waals surface area contributed by atoms with Crippen LogP contribution in [0.25, 0.3) is 0 Å². The number of ether oxygens (including phenoxy) is 1. The Morgan fingerprint density at radius 2 is 1.82 bits per heavy atom. The Morgan fingerprint density at radius 1 is 1.11 bits per heavy atom. The quantitative estimate of drug-likeness (QED) is 0.764. The number of carbonyl (C=O) groups excluding carboxylic acids is 2. The molecule has 1 fully saturated rings. The Labute approximate surface area is 166 Å². The summed E-state index contributed by atoms with van der Waals surface area (Å²) in [4.78, 5) is 26.4. The van der Waals surface area contributed by atoms with Crippen LogP contribution >= 0.6 is 0 Å². The molecule has 0 radical (unpaired) electrons. The van der Waals surface area contributed by atoms with E-state index < -0.39 is 0 Å². The third-order valence-corrected chi connectivity index (χ3v) is 5.44. The zero-order chi connectivity index (χ0) is 20.0. The summed E-state index contributed by atoms with van der Waals surface area (Å²) in [5.74, 6) is 0.976. The zero-order valence-electron chi connectivity index (χ0n) is 16.6. The summed E-state index contributed by atoms with van der Waals surface area (Å²) in [6, 6.07) is 17.9. The second kappa shape index (κ2) is 8.91. The van der Waals surface area contributed by atoms with Crippen molar-refractivity contribution in [2.45, 2.75) is 44.2 Å². The molecule has 28 heavy (non-hydrogen) atoms. The molecule has 0 bridgehead atoms. The molecule has 1 unspecified atom stereocenters. The molecule has 0 saturated carbocycles. The summed E-state index contributed by atoms with van der Waals surface area (Å²) in [6.07, 6.45) is 3.05. The maximum absolute atomic E-state index is 12.7. The van der Waals surface area contributed by atoms with Crippen LogP contribution in [0.2, 0.25) is 0 Å². The van der Waals surface area contributed by atoms with E-state index in [-0.39, 0.29) is 17.4 Å². The van der Waals surface area contributed by atoms with Crippen molar-refractivity contribution in [2.75, 3.05) is 14.2 Å². The molecular weight excluding hydrogens is 352 g/mol. The first-order chi connectivity index (χ1) is 13.5. The molecule has 0 aromatic heterocycles. The fourth-order valence-corrected chi connectivity index (χ4v) is 3.80. The van der Waals surface area contributed by atoms with Crippen LogP contribution in [0.1, 0.15) is 36.8 Å². The molecule has 2 amide bonds. The molecule has 1 N–H and O–H groups in total. The number of amides is 2. The normalized spacial score (nSPS) is 18.6. The molecule has 3 rings (SSSR count). The minimum Gasteiger partial charge on any atom is -0.497 e. The van der Waals surface area contributed by atoms with Gasteiger partial charge < -0.3 is 15.0 Å². The lowest BCUT2D eigenvalue weighted by molar-refractivity contribution is -0.131. The van der Waals surface area contributed by atoms with Gasteiger partial charge in [0.2, 0.25) is 11.8 Å². The summed E-state index contributed by atoms with van der Waals surface area (Å²) in [7, 11) is 3.48. The summed E-state index contributed by atoms with van der Waals surface area (Å²) in [6.45, 7) is 0.595. The maximum Gasteiger partial charge on any atom is 0.222 e. The number of hydrogen-bond donors (Lipinski definition) is 1. The fraction of sp³-hybridized carbons (Fsp3) is 0.391. The van der Waals surface area contributed by atoms with E-state index >= 15 is 0 Å². The molecule has 0 aliphatic carbocycles. The predicted octanol–water partition coefficient (Wildman–Crippen LogP) is 3.33. The zero-order valence-corrected chi connectivity index (χ0v) is 16.6. The Bertz CT molecular complexity index is 804. The summed E-state index contributed by atoms with van der Waals surface area (Å²) in [5.41, 5.74) is 1.89. The standard InChI is InChI=1S/C23H28N2O3/c1-25(17-19-6-4-3-5-7-19)22(27)13-15-23(14-12-21(26)24-23)16-18-8-10-20(28-2)11-9-18/h3-11H,12-17H2,1-2H3,(H,24,26). The van der Waals surface area contributed by atoms with Crippen molar-refractivity contribution in [3.63, 3.8) is 0 Å². The Balaban J connectivity index is 1.62. The minimum atomic E-state index is -0.352. The van der Waals surface area contributed by atoms with Crippen molar-refractivity contribution < 1.29 is 14.3 Å². The number of nitrogens with zero attached hydrogens (tertiary/aromatic N) is 1. The van der Waals surface area contributed by atoms with Gasteiger partial charge in [-0.1, -0.05) is 42.5 Å². The number of hydrogen-bond acceptors (Lipinski definition) is 3. The van der Waals surface area contributed by atoms with Crippen LogP contribution in [0.4, 0.5) is 0 Å². The van der Waals surface area contributed by atoms with E-state index in [1.165, 1.54) is 0 Å². The number of carbonyl (C=O) groups is 2. The molecule has 1 aliphatic rings. The minimum absolute atomic E-state index is 0.0681. The highest BCUT2D eigenvalue weighted by Gasteiger charge is 2.38. The lowest BCUT2D eigenvalue weighted by Crippen LogP contribution is -2.44. The van der Waals surface area contributed by atoms with Gasteiger partial charge in [-0.05, 0) is 42.5 Å². The molecule has 5 heteroatoms. The lowest BCUT2D eigenvalue weighted by Gasteiger charge is -2.30. The summed E-state index contributed by atoms with van der Waals surface area (Å²) in [5, 5.41) is 3.15. The van der Waals surface area contributed by atoms with E-state index in [4.69, 9.17) is 4.74 Å². The number of nitrogens with one attached hydrogen (secondary N) is 1. The molecule has 2 aromatic rings. The van der Waals surface area contributed by atoms with Crippen molar-refractivity contribution in [2.24, 2.45) is 0 Å². The van der Waals surface area contributed by atoms with E-state index in [9.17, 15) is 9.59 Å². The molecule has 1 aliphatic heterocycles. The fourth-order valence-electron chi connectivity index (χ4n) is 3.80. The van der Waals surface area contributed by atoms with Crippen LogP contribution in [0, 0.1) is 0 Å². The van der Waals surface area contributed by atoms with Crippen molar-refractivity contribution in [3.05, 3.63) is 65.7 Å². The van der Waals surface area contributed by atoms with E-state index in [1.54, 1.807) is 12.0 Å². The highest BCUT2D eigenvalue weighted by atomic mass is 16.5. The van der Waals surface area contributed by atoms with Gasteiger partial charge in [-0.15, -0.1) is 0 Å². The Morgan fingerprint density at radius 3 is 2.43 bits per heavy atom. The Hall–Kier alpha value is -2.82. The van der Waals surface area contributed by atoms with E-state index in [2.05, 4.69) is 5.32 Å². The van der Waals surface area contributed by atoms with Crippen LogP contribution in [-0.4, -0.2) is 36.4 Å². The van der Waals surface area contributed by atoms with Crippen LogP contribution in [0.5, 0.6) is 5.75 Å². The van der Waals surface area contributed by atoms with Gasteiger partial charge in [-0.2, -0.15) is 0 Å². The topological polar surface area (TPSA) is 58.6 Å². The van der Waals surface area contributed by atoms with Gasteiger partial charge in [0.1, 0.15) is 5.75 Å². The highest BCUT2D eigenvalue weighted by Crippen LogP contribution is 2.30. The second-order valence-electron chi connectivity index (χ2n) is 7.59. The first-order valence-corrected chi connectivity index (χ1v) is 9.71. The largest absolute Gasteiger partial charge is 0.497 e. The van der Waals surface area contributed by atoms with Gasteiger partial charge in [0.15, 0.2) is 0 Å². The van der Waals surface area contributed by atoms with E-state index in [0.717, 1.165) is 29.7 Å². The number of methoxy groups -OCH3 is 1. The van der Waals surface area contributed by atoms with Crippen LogP contribution in [-0.2, 0) is 22.6 Å². The van der Waals surface area contributed by atoms with Crippen molar-refractivity contribution in [1.29, 1.82) is 0 Å². The van der Waals surface area contributed by atoms with Crippen LogP contribution in [0.3, 0.4) is 0 Å². The highest BCUT2D eigenvalue weighted by molar-refractivity contribution is 5.80. The monoisotopic (exact) mass is 380 g/mol. The average Bonchev–Trinajstić information content (AvgIpc) is 3.08. The molecule has 5 nitrogen and oxygen atoms in total. The number of rotatable bonds is 8. The molecule has 2 aromatic carbocycles. The molecule has 1 atom stereocenters. The van der Waals surface area contributed by atoms with Gasteiger partial charge in [0, 0.05) is 32.0 Å². The third-order valence-electron chi connectivity index (χ3n) is 5.44.